The molecule has 0 amide bonds. The Morgan fingerprint density at radius 3 is 2.76 bits per heavy atom. The van der Waals surface area contributed by atoms with Crippen molar-refractivity contribution < 1.29 is 14.4 Å². The number of nitrogens with one attached hydrogen (secondary N) is 1. The topological polar surface area (TPSA) is 86.0 Å². The van der Waals surface area contributed by atoms with E-state index >= 15 is 0 Å². The molecule has 1 N–H and O–H groups in total. The zero-order chi connectivity index (χ0) is 15.2. The first kappa shape index (κ1) is 15.1. The van der Waals surface area contributed by atoms with E-state index in [-0.39, 0.29) is 11.4 Å². The number of hydrogen-bond acceptors (Lipinski definition) is 6. The van der Waals surface area contributed by atoms with Crippen LogP contribution in [0, 0.1) is 10.1 Å². The second-order valence-corrected chi connectivity index (χ2v) is 4.52. The Morgan fingerprint density at radius 2 is 2.19 bits per heavy atom. The van der Waals surface area contributed by atoms with Gasteiger partial charge in [-0.05, 0) is 19.4 Å². The summed E-state index contributed by atoms with van der Waals surface area (Å²) < 4.78 is 11.0. The van der Waals surface area contributed by atoms with Gasteiger partial charge in [0, 0.05) is 18.2 Å². The minimum absolute atomic E-state index is 0.0965. The van der Waals surface area contributed by atoms with Crippen LogP contribution in [0.1, 0.15) is 25.8 Å². The van der Waals surface area contributed by atoms with Crippen LogP contribution in [-0.2, 0) is 0 Å². The van der Waals surface area contributed by atoms with E-state index in [9.17, 15) is 10.1 Å². The molecule has 7 heteroatoms. The van der Waals surface area contributed by atoms with Gasteiger partial charge >= 0.3 is 5.69 Å². The minimum atomic E-state index is -0.452. The van der Waals surface area contributed by atoms with Crippen molar-refractivity contribution in [3.63, 3.8) is 0 Å². The van der Waals surface area contributed by atoms with Crippen LogP contribution in [0.15, 0.2) is 17.1 Å². The van der Waals surface area contributed by atoms with E-state index in [0.29, 0.717) is 36.9 Å². The highest BCUT2D eigenvalue weighted by atomic mass is 16.6. The lowest BCUT2D eigenvalue weighted by Crippen LogP contribution is -2.20. The molecule has 0 saturated heterocycles. The van der Waals surface area contributed by atoms with Crippen molar-refractivity contribution in [1.82, 2.24) is 5.32 Å². The first-order valence-electron chi connectivity index (χ1n) is 7.04. The van der Waals surface area contributed by atoms with Gasteiger partial charge in [-0.2, -0.15) is 0 Å². The first-order chi connectivity index (χ1) is 10.2. The second-order valence-electron chi connectivity index (χ2n) is 4.52. The fourth-order valence-corrected chi connectivity index (χ4v) is 2.06. The SMILES string of the molecule is CCCOc1c(OCC)cc(C2=NCCN2)cc1[N+](=O)[O-]. The summed E-state index contributed by atoms with van der Waals surface area (Å²) in [4.78, 5) is 15.2. The fourth-order valence-electron chi connectivity index (χ4n) is 2.06. The number of nitro groups is 1. The summed E-state index contributed by atoms with van der Waals surface area (Å²) in [7, 11) is 0. The van der Waals surface area contributed by atoms with Gasteiger partial charge in [-0.3, -0.25) is 15.1 Å². The maximum absolute atomic E-state index is 11.3. The van der Waals surface area contributed by atoms with Crippen LogP contribution in [0.4, 0.5) is 5.69 Å². The Bertz CT molecular complexity index is 557. The summed E-state index contributed by atoms with van der Waals surface area (Å²) in [6.45, 7) is 5.98. The molecule has 0 unspecified atom stereocenters. The monoisotopic (exact) mass is 293 g/mol. The zero-order valence-corrected chi connectivity index (χ0v) is 12.2. The Morgan fingerprint density at radius 1 is 1.38 bits per heavy atom. The van der Waals surface area contributed by atoms with Gasteiger partial charge in [0.05, 0.1) is 24.7 Å². The van der Waals surface area contributed by atoms with Crippen molar-refractivity contribution in [3.05, 3.63) is 27.8 Å². The molecule has 1 heterocycles. The van der Waals surface area contributed by atoms with Gasteiger partial charge in [-0.25, -0.2) is 0 Å². The maximum atomic E-state index is 11.3. The molecule has 0 atom stereocenters. The lowest BCUT2D eigenvalue weighted by atomic mass is 10.1. The second kappa shape index (κ2) is 6.92. The van der Waals surface area contributed by atoms with Crippen LogP contribution >= 0.6 is 0 Å². The Labute approximate surface area is 123 Å². The van der Waals surface area contributed by atoms with E-state index in [2.05, 4.69) is 10.3 Å². The summed E-state index contributed by atoms with van der Waals surface area (Å²) in [6, 6.07) is 3.21. The van der Waals surface area contributed by atoms with E-state index in [0.717, 1.165) is 13.0 Å². The number of amidine groups is 1. The fraction of sp³-hybridized carbons (Fsp3) is 0.500. The maximum Gasteiger partial charge on any atom is 0.315 e. The molecule has 0 spiro atoms. The van der Waals surface area contributed by atoms with E-state index in [4.69, 9.17) is 9.47 Å². The van der Waals surface area contributed by atoms with E-state index in [1.165, 1.54) is 6.07 Å². The molecule has 0 radical (unpaired) electrons. The van der Waals surface area contributed by atoms with Crippen LogP contribution < -0.4 is 14.8 Å². The molecular formula is C14H19N3O4. The molecule has 1 aromatic rings. The van der Waals surface area contributed by atoms with Crippen LogP contribution in [0.25, 0.3) is 0 Å². The molecule has 0 fully saturated rings. The van der Waals surface area contributed by atoms with Gasteiger partial charge in [0.1, 0.15) is 5.84 Å². The lowest BCUT2D eigenvalue weighted by molar-refractivity contribution is -0.386. The number of nitro benzene ring substituents is 1. The molecule has 0 aromatic heterocycles. The predicted molar refractivity (Wildman–Crippen MR) is 79.5 cm³/mol. The van der Waals surface area contributed by atoms with Gasteiger partial charge in [-0.15, -0.1) is 0 Å². The highest BCUT2D eigenvalue weighted by Crippen LogP contribution is 2.38. The van der Waals surface area contributed by atoms with E-state index in [1.807, 2.05) is 13.8 Å². The zero-order valence-electron chi connectivity index (χ0n) is 12.2. The van der Waals surface area contributed by atoms with Crippen molar-refractivity contribution in [3.8, 4) is 11.5 Å². The van der Waals surface area contributed by atoms with Crippen molar-refractivity contribution in [2.75, 3.05) is 26.3 Å². The molecule has 2 rings (SSSR count). The summed E-state index contributed by atoms with van der Waals surface area (Å²) in [5, 5.41) is 14.4. The molecule has 1 aromatic carbocycles. The summed E-state index contributed by atoms with van der Waals surface area (Å²) in [6.07, 6.45) is 0.763. The third kappa shape index (κ3) is 3.42. The van der Waals surface area contributed by atoms with Crippen LogP contribution in [0.2, 0.25) is 0 Å². The van der Waals surface area contributed by atoms with E-state index < -0.39 is 4.92 Å². The van der Waals surface area contributed by atoms with Crippen molar-refractivity contribution >= 4 is 11.5 Å². The quantitative estimate of drug-likeness (QED) is 0.615. The van der Waals surface area contributed by atoms with Crippen molar-refractivity contribution in [2.45, 2.75) is 20.3 Å². The standard InChI is InChI=1S/C14H19N3O4/c1-3-7-21-13-11(17(18)19)8-10(9-12(13)20-4-2)14-15-5-6-16-14/h8-9H,3-7H2,1-2H3,(H,15,16). The Kier molecular flexibility index (Phi) is 4.97. The lowest BCUT2D eigenvalue weighted by Gasteiger charge is -2.13. The summed E-state index contributed by atoms with van der Waals surface area (Å²) >= 11 is 0. The van der Waals surface area contributed by atoms with Gasteiger partial charge in [0.25, 0.3) is 0 Å². The van der Waals surface area contributed by atoms with Gasteiger partial charge < -0.3 is 14.8 Å². The summed E-state index contributed by atoms with van der Waals surface area (Å²) in [5.41, 5.74) is 0.548. The molecular weight excluding hydrogens is 274 g/mol. The number of aliphatic imine (C=N–C) groups is 1. The van der Waals surface area contributed by atoms with Crippen molar-refractivity contribution in [2.24, 2.45) is 4.99 Å². The number of hydrogen-bond donors (Lipinski definition) is 1. The van der Waals surface area contributed by atoms with E-state index in [1.54, 1.807) is 6.07 Å². The number of ether oxygens (including phenoxy) is 2. The van der Waals surface area contributed by atoms with Crippen LogP contribution in [0.3, 0.4) is 0 Å². The van der Waals surface area contributed by atoms with Gasteiger partial charge in [-0.1, -0.05) is 6.92 Å². The van der Waals surface area contributed by atoms with Crippen molar-refractivity contribution in [1.29, 1.82) is 0 Å². The first-order valence-corrected chi connectivity index (χ1v) is 7.04. The molecule has 1 aliphatic rings. The normalized spacial score (nSPS) is 13.5. The molecule has 21 heavy (non-hydrogen) atoms. The number of rotatable bonds is 7. The minimum Gasteiger partial charge on any atom is -0.490 e. The highest BCUT2D eigenvalue weighted by Gasteiger charge is 2.24. The van der Waals surface area contributed by atoms with Crippen LogP contribution in [-0.4, -0.2) is 37.1 Å². The number of nitrogens with zero attached hydrogens (tertiary/aromatic N) is 2. The number of benzene rings is 1. The largest absolute Gasteiger partial charge is 0.490 e. The smallest absolute Gasteiger partial charge is 0.315 e. The molecule has 1 aliphatic heterocycles. The molecule has 0 bridgehead atoms. The molecule has 0 saturated carbocycles. The Balaban J connectivity index is 2.48. The molecule has 114 valence electrons. The van der Waals surface area contributed by atoms with Crippen LogP contribution in [0.5, 0.6) is 11.5 Å². The predicted octanol–water partition coefficient (Wildman–Crippen LogP) is 2.13. The van der Waals surface area contributed by atoms with Gasteiger partial charge in [0.2, 0.25) is 5.75 Å². The average molecular weight is 293 g/mol. The molecule has 7 nitrogen and oxygen atoms in total. The highest BCUT2D eigenvalue weighted by molar-refractivity contribution is 6.01. The molecule has 0 aliphatic carbocycles. The summed E-state index contributed by atoms with van der Waals surface area (Å²) in [5.74, 6) is 1.22. The average Bonchev–Trinajstić information content (AvgIpc) is 2.99. The Hall–Kier alpha value is -2.31. The third-order valence-corrected chi connectivity index (χ3v) is 2.93. The van der Waals surface area contributed by atoms with Gasteiger partial charge in [0.15, 0.2) is 5.75 Å². The third-order valence-electron chi connectivity index (χ3n) is 2.93.